The first-order valence-electron chi connectivity index (χ1n) is 6.73. The van der Waals surface area contributed by atoms with E-state index < -0.39 is 0 Å². The first kappa shape index (κ1) is 13.9. The Bertz CT molecular complexity index is 462. The quantitative estimate of drug-likeness (QED) is 0.648. The van der Waals surface area contributed by atoms with E-state index in [1.165, 1.54) is 18.6 Å². The van der Waals surface area contributed by atoms with Crippen LogP contribution in [0.1, 0.15) is 30.6 Å². The minimum absolute atomic E-state index is 0.0170. The van der Waals surface area contributed by atoms with Crippen LogP contribution >= 0.6 is 0 Å². The summed E-state index contributed by atoms with van der Waals surface area (Å²) in [5.74, 6) is 0.772. The highest BCUT2D eigenvalue weighted by Gasteiger charge is 2.23. The number of rotatable bonds is 3. The Balaban J connectivity index is 2.02. The Kier molecular flexibility index (Phi) is 4.10. The molecule has 0 bridgehead atoms. The zero-order valence-electron chi connectivity index (χ0n) is 11.5. The molecule has 0 amide bonds. The highest BCUT2D eigenvalue weighted by Crippen LogP contribution is 2.26. The van der Waals surface area contributed by atoms with Crippen molar-refractivity contribution in [2.24, 2.45) is 11.8 Å². The number of ketones is 1. The van der Waals surface area contributed by atoms with E-state index in [1.54, 1.807) is 6.07 Å². The molecule has 2 atom stereocenters. The van der Waals surface area contributed by atoms with Crippen LogP contribution in [0.4, 0.5) is 0 Å². The number of benzene rings is 1. The van der Waals surface area contributed by atoms with Crippen molar-refractivity contribution < 1.29 is 15.0 Å². The van der Waals surface area contributed by atoms with E-state index >= 15 is 0 Å². The molecule has 0 saturated carbocycles. The maximum atomic E-state index is 12.2. The normalized spacial score (nSPS) is 24.3. The van der Waals surface area contributed by atoms with Gasteiger partial charge in [0.15, 0.2) is 17.3 Å². The molecule has 1 aliphatic rings. The van der Waals surface area contributed by atoms with Gasteiger partial charge in [0.2, 0.25) is 0 Å². The predicted octanol–water partition coefficient (Wildman–Crippen LogP) is 2.26. The lowest BCUT2D eigenvalue weighted by Gasteiger charge is -2.34. The average Bonchev–Trinajstić information content (AvgIpc) is 2.31. The second-order valence-electron chi connectivity index (χ2n) is 5.77. The summed E-state index contributed by atoms with van der Waals surface area (Å²) in [6.45, 7) is 6.68. The van der Waals surface area contributed by atoms with Crippen molar-refractivity contribution >= 4 is 5.78 Å². The molecule has 1 fully saturated rings. The predicted molar refractivity (Wildman–Crippen MR) is 73.5 cm³/mol. The van der Waals surface area contributed by atoms with Crippen molar-refractivity contribution in [3.05, 3.63) is 23.8 Å². The van der Waals surface area contributed by atoms with E-state index in [0.29, 0.717) is 23.9 Å². The molecule has 0 aliphatic carbocycles. The van der Waals surface area contributed by atoms with E-state index in [-0.39, 0.29) is 17.3 Å². The SMILES string of the molecule is CC1CC(C)CN(CC(=O)c2ccc(O)c(O)c2)C1. The summed E-state index contributed by atoms with van der Waals surface area (Å²) in [5, 5.41) is 18.7. The summed E-state index contributed by atoms with van der Waals surface area (Å²) in [6, 6.07) is 4.23. The van der Waals surface area contributed by atoms with Crippen LogP contribution in [0.2, 0.25) is 0 Å². The lowest BCUT2D eigenvalue weighted by Crippen LogP contribution is -2.41. The van der Waals surface area contributed by atoms with Crippen LogP contribution in [-0.4, -0.2) is 40.5 Å². The molecule has 19 heavy (non-hydrogen) atoms. The smallest absolute Gasteiger partial charge is 0.176 e. The lowest BCUT2D eigenvalue weighted by atomic mass is 9.91. The van der Waals surface area contributed by atoms with Gasteiger partial charge in [-0.05, 0) is 36.5 Å². The van der Waals surface area contributed by atoms with Crippen molar-refractivity contribution in [1.29, 1.82) is 0 Å². The van der Waals surface area contributed by atoms with Gasteiger partial charge in [0.25, 0.3) is 0 Å². The number of carbonyl (C=O) groups excluding carboxylic acids is 1. The number of hydrogen-bond donors (Lipinski definition) is 2. The number of phenols is 2. The topological polar surface area (TPSA) is 60.8 Å². The van der Waals surface area contributed by atoms with Gasteiger partial charge in [-0.15, -0.1) is 0 Å². The van der Waals surface area contributed by atoms with E-state index in [9.17, 15) is 15.0 Å². The van der Waals surface area contributed by atoms with Gasteiger partial charge in [-0.2, -0.15) is 0 Å². The minimum atomic E-state index is -0.244. The van der Waals surface area contributed by atoms with Gasteiger partial charge in [-0.25, -0.2) is 0 Å². The highest BCUT2D eigenvalue weighted by atomic mass is 16.3. The van der Waals surface area contributed by atoms with Gasteiger partial charge in [-0.1, -0.05) is 13.8 Å². The summed E-state index contributed by atoms with van der Waals surface area (Å²) in [6.07, 6.45) is 1.21. The fourth-order valence-electron chi connectivity index (χ4n) is 2.91. The molecule has 2 rings (SSSR count). The summed E-state index contributed by atoms with van der Waals surface area (Å²) in [4.78, 5) is 14.3. The number of carbonyl (C=O) groups is 1. The second-order valence-corrected chi connectivity index (χ2v) is 5.77. The number of aromatic hydroxyl groups is 2. The largest absolute Gasteiger partial charge is 0.504 e. The van der Waals surface area contributed by atoms with Crippen molar-refractivity contribution in [3.8, 4) is 11.5 Å². The number of piperidine rings is 1. The number of likely N-dealkylation sites (tertiary alicyclic amines) is 1. The molecule has 1 heterocycles. The van der Waals surface area contributed by atoms with Crippen LogP contribution < -0.4 is 0 Å². The first-order valence-corrected chi connectivity index (χ1v) is 6.73. The van der Waals surface area contributed by atoms with Gasteiger partial charge in [0, 0.05) is 18.7 Å². The number of phenolic OH excluding ortho intramolecular Hbond substituents is 2. The van der Waals surface area contributed by atoms with Crippen molar-refractivity contribution in [1.82, 2.24) is 4.90 Å². The molecule has 2 N–H and O–H groups in total. The second kappa shape index (κ2) is 5.61. The summed E-state index contributed by atoms with van der Waals surface area (Å²) in [5.41, 5.74) is 0.446. The third-order valence-corrected chi connectivity index (χ3v) is 3.61. The van der Waals surface area contributed by atoms with Gasteiger partial charge in [0.1, 0.15) is 0 Å². The zero-order chi connectivity index (χ0) is 14.0. The minimum Gasteiger partial charge on any atom is -0.504 e. The van der Waals surface area contributed by atoms with Gasteiger partial charge >= 0.3 is 0 Å². The Morgan fingerprint density at radius 2 is 1.84 bits per heavy atom. The van der Waals surface area contributed by atoms with E-state index in [2.05, 4.69) is 18.7 Å². The van der Waals surface area contributed by atoms with Gasteiger partial charge in [-0.3, -0.25) is 9.69 Å². The molecule has 2 unspecified atom stereocenters. The Morgan fingerprint density at radius 3 is 2.42 bits per heavy atom. The number of Topliss-reactive ketones (excluding diaryl/α,β-unsaturated/α-hetero) is 1. The third kappa shape index (κ3) is 3.47. The maximum Gasteiger partial charge on any atom is 0.176 e. The molecule has 1 aliphatic heterocycles. The van der Waals surface area contributed by atoms with Gasteiger partial charge in [0.05, 0.1) is 6.54 Å². The van der Waals surface area contributed by atoms with E-state index in [4.69, 9.17) is 0 Å². The number of hydrogen-bond acceptors (Lipinski definition) is 4. The standard InChI is InChI=1S/C15H21NO3/c1-10-5-11(2)8-16(7-10)9-15(19)12-3-4-13(17)14(18)6-12/h3-4,6,10-11,17-18H,5,7-9H2,1-2H3. The summed E-state index contributed by atoms with van der Waals surface area (Å²) in [7, 11) is 0. The monoisotopic (exact) mass is 263 g/mol. The van der Waals surface area contributed by atoms with E-state index in [1.807, 2.05) is 0 Å². The molecular weight excluding hydrogens is 242 g/mol. The lowest BCUT2D eigenvalue weighted by molar-refractivity contribution is 0.0849. The highest BCUT2D eigenvalue weighted by molar-refractivity contribution is 5.98. The molecule has 1 aromatic rings. The molecule has 0 radical (unpaired) electrons. The molecule has 1 saturated heterocycles. The Morgan fingerprint density at radius 1 is 1.21 bits per heavy atom. The van der Waals surface area contributed by atoms with E-state index in [0.717, 1.165) is 13.1 Å². The maximum absolute atomic E-state index is 12.2. The summed E-state index contributed by atoms with van der Waals surface area (Å²) < 4.78 is 0. The van der Waals surface area contributed by atoms with Gasteiger partial charge < -0.3 is 10.2 Å². The number of nitrogens with zero attached hydrogens (tertiary/aromatic N) is 1. The van der Waals surface area contributed by atoms with Crippen molar-refractivity contribution in [3.63, 3.8) is 0 Å². The first-order chi connectivity index (χ1) is 8.95. The van der Waals surface area contributed by atoms with Crippen LogP contribution in [0.5, 0.6) is 11.5 Å². The van der Waals surface area contributed by atoms with Crippen molar-refractivity contribution in [2.75, 3.05) is 19.6 Å². The van der Waals surface area contributed by atoms with Crippen LogP contribution in [0.15, 0.2) is 18.2 Å². The van der Waals surface area contributed by atoms with Crippen LogP contribution in [0.3, 0.4) is 0 Å². The fourth-order valence-corrected chi connectivity index (χ4v) is 2.91. The molecule has 4 nitrogen and oxygen atoms in total. The van der Waals surface area contributed by atoms with Crippen LogP contribution in [0, 0.1) is 11.8 Å². The fraction of sp³-hybridized carbons (Fsp3) is 0.533. The molecule has 104 valence electrons. The molecule has 4 heteroatoms. The summed E-state index contributed by atoms with van der Waals surface area (Å²) >= 11 is 0. The van der Waals surface area contributed by atoms with Crippen molar-refractivity contribution in [2.45, 2.75) is 20.3 Å². The molecule has 0 spiro atoms. The molecule has 1 aromatic carbocycles. The third-order valence-electron chi connectivity index (χ3n) is 3.61. The zero-order valence-corrected chi connectivity index (χ0v) is 11.5. The van der Waals surface area contributed by atoms with Crippen LogP contribution in [-0.2, 0) is 0 Å². The average molecular weight is 263 g/mol. The Labute approximate surface area is 113 Å². The van der Waals surface area contributed by atoms with Crippen LogP contribution in [0.25, 0.3) is 0 Å². The Hall–Kier alpha value is -1.55. The molecule has 0 aromatic heterocycles. The molecular formula is C15H21NO3.